The monoisotopic (exact) mass is 254 g/mol. The van der Waals surface area contributed by atoms with Gasteiger partial charge in [-0.05, 0) is 27.2 Å². The van der Waals surface area contributed by atoms with Crippen LogP contribution in [-0.4, -0.2) is 24.0 Å². The van der Waals surface area contributed by atoms with Crippen molar-refractivity contribution in [2.75, 3.05) is 7.05 Å². The first kappa shape index (κ1) is 14.0. The molecule has 96 valence electrons. The Kier molecular flexibility index (Phi) is 5.41. The summed E-state index contributed by atoms with van der Waals surface area (Å²) in [7, 11) is 1.79. The predicted octanol–water partition coefficient (Wildman–Crippen LogP) is 2.22. The van der Waals surface area contributed by atoms with E-state index in [1.807, 2.05) is 13.8 Å². The number of hydrogen-bond donors (Lipinski definition) is 2. The highest BCUT2D eigenvalue weighted by atomic mass is 32.1. The maximum atomic E-state index is 4.41. The molecule has 0 aromatic carbocycles. The molecule has 5 heteroatoms. The van der Waals surface area contributed by atoms with Gasteiger partial charge in [0.15, 0.2) is 5.96 Å². The van der Waals surface area contributed by atoms with Crippen LogP contribution in [0.4, 0.5) is 0 Å². The molecule has 1 rings (SSSR count). The summed E-state index contributed by atoms with van der Waals surface area (Å²) in [4.78, 5) is 9.89. The Morgan fingerprint density at radius 2 is 2.18 bits per heavy atom. The van der Waals surface area contributed by atoms with Crippen LogP contribution < -0.4 is 10.6 Å². The minimum Gasteiger partial charge on any atom is -0.354 e. The number of rotatable bonds is 4. The summed E-state index contributed by atoms with van der Waals surface area (Å²) in [6.07, 6.45) is 1.08. The highest BCUT2D eigenvalue weighted by molar-refractivity contribution is 7.11. The average Bonchev–Trinajstić information content (AvgIpc) is 2.62. The first-order chi connectivity index (χ1) is 8.06. The summed E-state index contributed by atoms with van der Waals surface area (Å²) < 4.78 is 0. The van der Waals surface area contributed by atoms with Gasteiger partial charge in [0.1, 0.15) is 0 Å². The van der Waals surface area contributed by atoms with Crippen molar-refractivity contribution >= 4 is 17.3 Å². The summed E-state index contributed by atoms with van der Waals surface area (Å²) in [5.41, 5.74) is 1.11. The van der Waals surface area contributed by atoms with Crippen molar-refractivity contribution in [1.29, 1.82) is 0 Å². The molecule has 0 aliphatic rings. The van der Waals surface area contributed by atoms with E-state index in [2.05, 4.69) is 34.5 Å². The molecule has 0 fully saturated rings. The Hall–Kier alpha value is -1.10. The third-order valence-electron chi connectivity index (χ3n) is 2.64. The van der Waals surface area contributed by atoms with Crippen molar-refractivity contribution in [3.8, 4) is 0 Å². The van der Waals surface area contributed by atoms with Crippen LogP contribution in [0, 0.1) is 13.8 Å². The normalized spacial score (nSPS) is 13.6. The third-order valence-corrected chi connectivity index (χ3v) is 3.71. The maximum Gasteiger partial charge on any atom is 0.191 e. The predicted molar refractivity (Wildman–Crippen MR) is 74.7 cm³/mol. The molecular formula is C12H22N4S. The summed E-state index contributed by atoms with van der Waals surface area (Å²) >= 11 is 1.74. The zero-order chi connectivity index (χ0) is 12.8. The van der Waals surface area contributed by atoms with E-state index in [-0.39, 0.29) is 0 Å². The van der Waals surface area contributed by atoms with Gasteiger partial charge in [0, 0.05) is 18.0 Å². The maximum absolute atomic E-state index is 4.41. The van der Waals surface area contributed by atoms with E-state index in [1.165, 1.54) is 4.88 Å². The van der Waals surface area contributed by atoms with Crippen molar-refractivity contribution in [3.05, 3.63) is 15.6 Å². The van der Waals surface area contributed by atoms with Crippen LogP contribution in [0.1, 0.15) is 35.8 Å². The molecular weight excluding hydrogens is 232 g/mol. The van der Waals surface area contributed by atoms with E-state index in [0.29, 0.717) is 6.04 Å². The second kappa shape index (κ2) is 6.59. The Labute approximate surface area is 108 Å². The Morgan fingerprint density at radius 1 is 1.47 bits per heavy atom. The zero-order valence-electron chi connectivity index (χ0n) is 11.3. The summed E-state index contributed by atoms with van der Waals surface area (Å²) in [5.74, 6) is 0.852. The Balaban J connectivity index is 2.51. The Bertz CT molecular complexity index is 384. The van der Waals surface area contributed by atoms with Crippen molar-refractivity contribution < 1.29 is 0 Å². The highest BCUT2D eigenvalue weighted by Gasteiger charge is 2.06. The van der Waals surface area contributed by atoms with Crippen LogP contribution in [0.15, 0.2) is 4.99 Å². The molecule has 1 aromatic rings. The van der Waals surface area contributed by atoms with Crippen LogP contribution >= 0.6 is 11.3 Å². The smallest absolute Gasteiger partial charge is 0.191 e. The van der Waals surface area contributed by atoms with E-state index >= 15 is 0 Å². The molecule has 0 aliphatic heterocycles. The van der Waals surface area contributed by atoms with E-state index in [0.717, 1.165) is 29.6 Å². The molecule has 1 atom stereocenters. The van der Waals surface area contributed by atoms with Crippen molar-refractivity contribution in [2.24, 2.45) is 4.99 Å². The van der Waals surface area contributed by atoms with E-state index in [4.69, 9.17) is 0 Å². The lowest BCUT2D eigenvalue weighted by molar-refractivity contribution is 0.624. The number of thiazole rings is 1. The molecule has 0 bridgehead atoms. The molecule has 4 nitrogen and oxygen atoms in total. The number of nitrogens with zero attached hydrogens (tertiary/aromatic N) is 2. The van der Waals surface area contributed by atoms with Crippen LogP contribution in [0.2, 0.25) is 0 Å². The van der Waals surface area contributed by atoms with Crippen LogP contribution in [0.3, 0.4) is 0 Å². The Morgan fingerprint density at radius 3 is 2.65 bits per heavy atom. The minimum atomic E-state index is 0.436. The quantitative estimate of drug-likeness (QED) is 0.640. The standard InChI is InChI=1S/C12H22N4S/c1-6-8(2)15-12(13-5)14-7-11-9(3)16-10(4)17-11/h8H,6-7H2,1-5H3,(H2,13,14,15). The van der Waals surface area contributed by atoms with E-state index in [9.17, 15) is 0 Å². The van der Waals surface area contributed by atoms with E-state index < -0.39 is 0 Å². The summed E-state index contributed by atoms with van der Waals surface area (Å²) in [5, 5.41) is 7.77. The fourth-order valence-corrected chi connectivity index (χ4v) is 2.31. The molecule has 17 heavy (non-hydrogen) atoms. The number of nitrogens with one attached hydrogen (secondary N) is 2. The van der Waals surface area contributed by atoms with Gasteiger partial charge in [-0.25, -0.2) is 4.98 Å². The van der Waals surface area contributed by atoms with Crippen LogP contribution in [-0.2, 0) is 6.54 Å². The molecule has 1 heterocycles. The number of guanidine groups is 1. The van der Waals surface area contributed by atoms with Gasteiger partial charge in [0.2, 0.25) is 0 Å². The van der Waals surface area contributed by atoms with E-state index in [1.54, 1.807) is 18.4 Å². The molecule has 2 N–H and O–H groups in total. The molecule has 0 spiro atoms. The second-order valence-electron chi connectivity index (χ2n) is 4.12. The molecule has 0 aliphatic carbocycles. The SMILES string of the molecule is CCC(C)NC(=NC)NCc1sc(C)nc1C. The lowest BCUT2D eigenvalue weighted by atomic mass is 10.3. The van der Waals surface area contributed by atoms with Crippen molar-refractivity contribution in [1.82, 2.24) is 15.6 Å². The molecule has 1 unspecified atom stereocenters. The first-order valence-corrected chi connectivity index (χ1v) is 6.78. The minimum absolute atomic E-state index is 0.436. The average molecular weight is 254 g/mol. The molecule has 0 saturated heterocycles. The number of aryl methyl sites for hydroxylation is 2. The fourth-order valence-electron chi connectivity index (χ4n) is 1.43. The van der Waals surface area contributed by atoms with Gasteiger partial charge in [0.25, 0.3) is 0 Å². The summed E-state index contributed by atoms with van der Waals surface area (Å²) in [6, 6.07) is 0.436. The van der Waals surface area contributed by atoms with Gasteiger partial charge in [-0.3, -0.25) is 4.99 Å². The third kappa shape index (κ3) is 4.34. The lowest BCUT2D eigenvalue weighted by Crippen LogP contribution is -2.41. The fraction of sp³-hybridized carbons (Fsp3) is 0.667. The van der Waals surface area contributed by atoms with Gasteiger partial charge in [-0.2, -0.15) is 0 Å². The van der Waals surface area contributed by atoms with Gasteiger partial charge < -0.3 is 10.6 Å². The number of aliphatic imine (C=N–C) groups is 1. The highest BCUT2D eigenvalue weighted by Crippen LogP contribution is 2.16. The van der Waals surface area contributed by atoms with Crippen molar-refractivity contribution in [2.45, 2.75) is 46.7 Å². The topological polar surface area (TPSA) is 49.3 Å². The molecule has 0 amide bonds. The second-order valence-corrected chi connectivity index (χ2v) is 5.41. The molecule has 1 aromatic heterocycles. The van der Waals surface area contributed by atoms with Crippen LogP contribution in [0.5, 0.6) is 0 Å². The molecule has 0 saturated carbocycles. The van der Waals surface area contributed by atoms with Gasteiger partial charge >= 0.3 is 0 Å². The molecule has 0 radical (unpaired) electrons. The van der Waals surface area contributed by atoms with Gasteiger partial charge in [-0.15, -0.1) is 11.3 Å². The zero-order valence-corrected chi connectivity index (χ0v) is 12.1. The van der Waals surface area contributed by atoms with Gasteiger partial charge in [0.05, 0.1) is 17.2 Å². The number of hydrogen-bond acceptors (Lipinski definition) is 3. The summed E-state index contributed by atoms with van der Waals surface area (Å²) in [6.45, 7) is 9.17. The van der Waals surface area contributed by atoms with Gasteiger partial charge in [-0.1, -0.05) is 6.92 Å². The van der Waals surface area contributed by atoms with Crippen LogP contribution in [0.25, 0.3) is 0 Å². The largest absolute Gasteiger partial charge is 0.354 e. The number of aromatic nitrogens is 1. The van der Waals surface area contributed by atoms with Crippen molar-refractivity contribution in [3.63, 3.8) is 0 Å². The first-order valence-electron chi connectivity index (χ1n) is 5.96. The lowest BCUT2D eigenvalue weighted by Gasteiger charge is -2.16.